The van der Waals surface area contributed by atoms with Crippen LogP contribution in [0.3, 0.4) is 0 Å². The van der Waals surface area contributed by atoms with Gasteiger partial charge in [0.05, 0.1) is 16.3 Å². The number of hydrogen-bond donors (Lipinski definition) is 2. The molecule has 1 aromatic carbocycles. The van der Waals surface area contributed by atoms with Gasteiger partial charge in [-0.05, 0) is 37.6 Å². The number of piperidine rings is 1. The van der Waals surface area contributed by atoms with Crippen LogP contribution in [0.4, 0.5) is 11.5 Å². The Balaban J connectivity index is 1.93. The van der Waals surface area contributed by atoms with Crippen LogP contribution in [-0.4, -0.2) is 33.5 Å². The van der Waals surface area contributed by atoms with Gasteiger partial charge in [-0.1, -0.05) is 12.1 Å². The third kappa shape index (κ3) is 2.43. The van der Waals surface area contributed by atoms with E-state index in [0.717, 1.165) is 48.4 Å². The fraction of sp³-hybridized carbons (Fsp3) is 0.333. The summed E-state index contributed by atoms with van der Waals surface area (Å²) in [5.74, 6) is 0.606. The number of anilines is 2. The first kappa shape index (κ1) is 16.8. The standard InChI is InChI=1S/C18H19N5O2S/c1-21-26(24,25)13-4-2-11(3-5-13)15-14(10-19)18(20)22-16-12-6-8-23(9-7-12)17(15)16/h2-5,12,21H,6-9H2,1H3,(H2,20,22). The van der Waals surface area contributed by atoms with Crippen LogP contribution in [0.15, 0.2) is 29.2 Å². The molecule has 0 unspecified atom stereocenters. The van der Waals surface area contributed by atoms with Gasteiger partial charge >= 0.3 is 0 Å². The molecule has 0 amide bonds. The SMILES string of the molecule is CNS(=O)(=O)c1ccc(-c2c(C#N)c(N)nc3c2N2CCC3CC2)cc1. The lowest BCUT2D eigenvalue weighted by atomic mass is 9.83. The second-order valence-corrected chi connectivity index (χ2v) is 8.47. The van der Waals surface area contributed by atoms with Gasteiger partial charge in [0.25, 0.3) is 0 Å². The van der Waals surface area contributed by atoms with Crippen molar-refractivity contribution in [3.8, 4) is 17.2 Å². The molecule has 3 N–H and O–H groups in total. The van der Waals surface area contributed by atoms with E-state index in [-0.39, 0.29) is 10.7 Å². The molecule has 1 fully saturated rings. The normalized spacial score (nSPS) is 16.4. The number of sulfonamides is 1. The van der Waals surface area contributed by atoms with Crippen LogP contribution >= 0.6 is 0 Å². The quantitative estimate of drug-likeness (QED) is 0.853. The lowest BCUT2D eigenvalue weighted by Crippen LogP contribution is -2.40. The number of benzene rings is 1. The van der Waals surface area contributed by atoms with E-state index in [1.807, 2.05) is 0 Å². The third-order valence-electron chi connectivity index (χ3n) is 5.26. The highest BCUT2D eigenvalue weighted by Gasteiger charge is 2.36. The number of pyridine rings is 1. The molecular formula is C18H19N5O2S. The zero-order chi connectivity index (χ0) is 18.5. The van der Waals surface area contributed by atoms with E-state index >= 15 is 0 Å². The number of rotatable bonds is 3. The Hall–Kier alpha value is -2.63. The predicted molar refractivity (Wildman–Crippen MR) is 99.2 cm³/mol. The van der Waals surface area contributed by atoms with Crippen molar-refractivity contribution < 1.29 is 8.42 Å². The van der Waals surface area contributed by atoms with Gasteiger partial charge in [-0.2, -0.15) is 5.26 Å². The summed E-state index contributed by atoms with van der Waals surface area (Å²) < 4.78 is 26.2. The van der Waals surface area contributed by atoms with Crippen molar-refractivity contribution >= 4 is 21.5 Å². The van der Waals surface area contributed by atoms with E-state index < -0.39 is 10.0 Å². The second-order valence-electron chi connectivity index (χ2n) is 6.59. The highest BCUT2D eigenvalue weighted by atomic mass is 32.2. The summed E-state index contributed by atoms with van der Waals surface area (Å²) in [5, 5.41) is 9.66. The van der Waals surface area contributed by atoms with E-state index in [4.69, 9.17) is 5.73 Å². The van der Waals surface area contributed by atoms with Gasteiger partial charge in [-0.25, -0.2) is 18.1 Å². The number of aromatic nitrogens is 1. The first-order valence-corrected chi connectivity index (χ1v) is 9.97. The minimum atomic E-state index is -3.51. The number of nitrogens with two attached hydrogens (primary N) is 1. The number of hydrogen-bond acceptors (Lipinski definition) is 6. The molecule has 8 heteroatoms. The van der Waals surface area contributed by atoms with Gasteiger partial charge in [-0.15, -0.1) is 0 Å². The van der Waals surface area contributed by atoms with Crippen LogP contribution < -0.4 is 15.4 Å². The molecule has 2 aromatic rings. The maximum absolute atomic E-state index is 12.0. The summed E-state index contributed by atoms with van der Waals surface area (Å²) in [6, 6.07) is 8.72. The Kier molecular flexibility index (Phi) is 3.86. The number of nitriles is 1. The van der Waals surface area contributed by atoms with Crippen molar-refractivity contribution in [1.82, 2.24) is 9.71 Å². The van der Waals surface area contributed by atoms with Crippen LogP contribution in [0.5, 0.6) is 0 Å². The lowest BCUT2D eigenvalue weighted by molar-refractivity contribution is 0.465. The number of nitrogen functional groups attached to an aromatic ring is 1. The van der Waals surface area contributed by atoms with Crippen LogP contribution in [0, 0.1) is 11.3 Å². The van der Waals surface area contributed by atoms with Gasteiger partial charge in [0.1, 0.15) is 17.5 Å². The molecule has 4 heterocycles. The van der Waals surface area contributed by atoms with Crippen molar-refractivity contribution in [3.63, 3.8) is 0 Å². The van der Waals surface area contributed by atoms with E-state index in [2.05, 4.69) is 20.7 Å². The smallest absolute Gasteiger partial charge is 0.240 e. The van der Waals surface area contributed by atoms with Crippen molar-refractivity contribution in [2.45, 2.75) is 23.7 Å². The molecule has 2 bridgehead atoms. The molecule has 0 spiro atoms. The van der Waals surface area contributed by atoms with Gasteiger partial charge in [0.2, 0.25) is 10.0 Å². The Bertz CT molecular complexity index is 1020. The fourth-order valence-electron chi connectivity index (χ4n) is 3.91. The summed E-state index contributed by atoms with van der Waals surface area (Å²) in [6.07, 6.45) is 2.09. The molecule has 1 saturated heterocycles. The maximum Gasteiger partial charge on any atom is 0.240 e. The molecule has 0 atom stereocenters. The van der Waals surface area contributed by atoms with E-state index in [0.29, 0.717) is 11.5 Å². The molecule has 0 saturated carbocycles. The van der Waals surface area contributed by atoms with Crippen LogP contribution in [-0.2, 0) is 10.0 Å². The van der Waals surface area contributed by atoms with E-state index in [1.54, 1.807) is 24.3 Å². The molecule has 0 radical (unpaired) electrons. The Morgan fingerprint density at radius 2 is 1.92 bits per heavy atom. The van der Waals surface area contributed by atoms with Gasteiger partial charge in [0.15, 0.2) is 0 Å². The summed E-state index contributed by atoms with van der Waals surface area (Å²) in [5.41, 5.74) is 9.90. The number of nitrogens with one attached hydrogen (secondary N) is 1. The average molecular weight is 369 g/mol. The number of nitrogens with zero attached hydrogens (tertiary/aromatic N) is 3. The summed E-state index contributed by atoms with van der Waals surface area (Å²) in [7, 11) is -2.13. The van der Waals surface area contributed by atoms with Crippen molar-refractivity contribution in [3.05, 3.63) is 35.5 Å². The topological polar surface area (TPSA) is 112 Å². The second kappa shape index (κ2) is 5.97. The van der Waals surface area contributed by atoms with Crippen molar-refractivity contribution in [1.29, 1.82) is 5.26 Å². The molecule has 3 aliphatic heterocycles. The Labute approximate surface area is 152 Å². The molecule has 1 aromatic heterocycles. The minimum absolute atomic E-state index is 0.181. The Morgan fingerprint density at radius 1 is 1.27 bits per heavy atom. The zero-order valence-corrected chi connectivity index (χ0v) is 15.2. The third-order valence-corrected chi connectivity index (χ3v) is 6.69. The van der Waals surface area contributed by atoms with Gasteiger partial charge in [-0.3, -0.25) is 0 Å². The van der Waals surface area contributed by atoms with Gasteiger partial charge < -0.3 is 10.6 Å². The minimum Gasteiger partial charge on any atom is -0.383 e. The summed E-state index contributed by atoms with van der Waals surface area (Å²) in [4.78, 5) is 6.97. The summed E-state index contributed by atoms with van der Waals surface area (Å²) in [6.45, 7) is 1.88. The summed E-state index contributed by atoms with van der Waals surface area (Å²) >= 11 is 0. The molecule has 3 aliphatic rings. The highest BCUT2D eigenvalue weighted by molar-refractivity contribution is 7.89. The highest BCUT2D eigenvalue weighted by Crippen LogP contribution is 2.48. The first-order chi connectivity index (χ1) is 12.5. The van der Waals surface area contributed by atoms with Crippen LogP contribution in [0.25, 0.3) is 11.1 Å². The monoisotopic (exact) mass is 369 g/mol. The van der Waals surface area contributed by atoms with Gasteiger partial charge in [0, 0.05) is 24.6 Å². The fourth-order valence-corrected chi connectivity index (χ4v) is 4.64. The lowest BCUT2D eigenvalue weighted by Gasteiger charge is -2.42. The van der Waals surface area contributed by atoms with E-state index in [9.17, 15) is 13.7 Å². The largest absolute Gasteiger partial charge is 0.383 e. The van der Waals surface area contributed by atoms with E-state index in [1.165, 1.54) is 7.05 Å². The van der Waals surface area contributed by atoms with Crippen molar-refractivity contribution in [2.24, 2.45) is 0 Å². The molecule has 7 nitrogen and oxygen atoms in total. The van der Waals surface area contributed by atoms with Crippen LogP contribution in [0.2, 0.25) is 0 Å². The number of fused-ring (bicyclic) bond motifs is 2. The molecular weight excluding hydrogens is 350 g/mol. The molecule has 26 heavy (non-hydrogen) atoms. The first-order valence-electron chi connectivity index (χ1n) is 8.48. The van der Waals surface area contributed by atoms with Crippen LogP contribution in [0.1, 0.15) is 30.0 Å². The average Bonchev–Trinajstić information content (AvgIpc) is 2.68. The molecule has 134 valence electrons. The predicted octanol–water partition coefficient (Wildman–Crippen LogP) is 1.81. The zero-order valence-electron chi connectivity index (χ0n) is 14.4. The Morgan fingerprint density at radius 3 is 2.50 bits per heavy atom. The maximum atomic E-state index is 12.0. The molecule has 0 aliphatic carbocycles. The molecule has 5 rings (SSSR count). The van der Waals surface area contributed by atoms with Crippen molar-refractivity contribution in [2.75, 3.05) is 30.8 Å².